The van der Waals surface area contributed by atoms with Gasteiger partial charge < -0.3 is 15.1 Å². The number of halogens is 2. The summed E-state index contributed by atoms with van der Waals surface area (Å²) in [7, 11) is 0. The van der Waals surface area contributed by atoms with Crippen LogP contribution in [-0.4, -0.2) is 45.9 Å². The van der Waals surface area contributed by atoms with Gasteiger partial charge in [-0.15, -0.1) is 0 Å². The Balaban J connectivity index is 1.57. The number of piperazine rings is 1. The lowest BCUT2D eigenvalue weighted by molar-refractivity contribution is -0.136. The van der Waals surface area contributed by atoms with Gasteiger partial charge in [0.15, 0.2) is 5.17 Å². The number of carbonyl (C=O) groups excluding carboxylic acids is 2. The molecule has 3 atom stereocenters. The van der Waals surface area contributed by atoms with Gasteiger partial charge in [0.05, 0.1) is 12.6 Å². The fourth-order valence-electron chi connectivity index (χ4n) is 4.93. The quantitative estimate of drug-likeness (QED) is 0.576. The van der Waals surface area contributed by atoms with Gasteiger partial charge in [-0.1, -0.05) is 61.3 Å². The van der Waals surface area contributed by atoms with Gasteiger partial charge in [0.1, 0.15) is 10.9 Å². The van der Waals surface area contributed by atoms with Gasteiger partial charge in [0.25, 0.3) is 5.91 Å². The molecule has 3 aliphatic heterocycles. The van der Waals surface area contributed by atoms with E-state index in [0.29, 0.717) is 21.5 Å². The molecule has 1 saturated heterocycles. The number of rotatable bonds is 4. The Morgan fingerprint density at radius 2 is 1.66 bits per heavy atom. The number of fused-ring (bicyclic) bond motifs is 1. The van der Waals surface area contributed by atoms with Crippen LogP contribution in [-0.2, 0) is 9.59 Å². The molecule has 1 unspecified atom stereocenters. The molecular formula is C26H26Cl2N4O2S. The number of aliphatic imine (C=N–C) groups is 1. The maximum Gasteiger partial charge on any atom is 0.263 e. The first-order chi connectivity index (χ1) is 16.7. The van der Waals surface area contributed by atoms with Crippen molar-refractivity contribution >= 4 is 51.9 Å². The van der Waals surface area contributed by atoms with Crippen molar-refractivity contribution in [3.63, 3.8) is 0 Å². The Morgan fingerprint density at radius 3 is 2.23 bits per heavy atom. The van der Waals surface area contributed by atoms with E-state index in [2.05, 4.69) is 24.1 Å². The van der Waals surface area contributed by atoms with Crippen LogP contribution in [0.2, 0.25) is 10.0 Å². The Labute approximate surface area is 219 Å². The third kappa shape index (κ3) is 4.57. The number of nitrogens with one attached hydrogen (secondary N) is 1. The number of hydrogen-bond acceptors (Lipinski definition) is 5. The van der Waals surface area contributed by atoms with Crippen molar-refractivity contribution in [2.45, 2.75) is 38.9 Å². The number of carbonyl (C=O) groups is 2. The number of benzene rings is 2. The second kappa shape index (κ2) is 9.52. The molecule has 1 N–H and O–H groups in total. The SMILES string of the molecule is CC1CN(C(=O)C2=C(C(C)C)N3C(=N[C@@H](c4ccc(Cl)cc4)[C@H]3c3ccc(Cl)cc3)S2)CC(=O)N1. The summed E-state index contributed by atoms with van der Waals surface area (Å²) in [4.78, 5) is 35.4. The van der Waals surface area contributed by atoms with Crippen LogP contribution >= 0.6 is 35.0 Å². The number of hydrogen-bond donors (Lipinski definition) is 1. The Morgan fingerprint density at radius 1 is 1.06 bits per heavy atom. The predicted molar refractivity (Wildman–Crippen MR) is 141 cm³/mol. The minimum absolute atomic E-state index is 0.0685. The van der Waals surface area contributed by atoms with Crippen LogP contribution in [0.4, 0.5) is 0 Å². The van der Waals surface area contributed by atoms with Gasteiger partial charge in [-0.05, 0) is 60.0 Å². The summed E-state index contributed by atoms with van der Waals surface area (Å²) in [5.74, 6) is -0.175. The van der Waals surface area contributed by atoms with Crippen molar-refractivity contribution in [1.82, 2.24) is 15.1 Å². The molecule has 2 aromatic rings. The lowest BCUT2D eigenvalue weighted by Gasteiger charge is -2.33. The average Bonchev–Trinajstić information content (AvgIpc) is 3.35. The number of amidine groups is 1. The molecule has 0 aliphatic carbocycles. The van der Waals surface area contributed by atoms with Crippen LogP contribution in [0.1, 0.15) is 44.0 Å². The maximum atomic E-state index is 13.7. The molecule has 0 bridgehead atoms. The lowest BCUT2D eigenvalue weighted by Crippen LogP contribution is -2.54. The highest BCUT2D eigenvalue weighted by Gasteiger charge is 2.48. The lowest BCUT2D eigenvalue weighted by atomic mass is 9.92. The third-order valence-electron chi connectivity index (χ3n) is 6.41. The van der Waals surface area contributed by atoms with Crippen molar-refractivity contribution < 1.29 is 9.59 Å². The molecule has 0 aromatic heterocycles. The highest BCUT2D eigenvalue weighted by Crippen LogP contribution is 2.53. The molecule has 182 valence electrons. The van der Waals surface area contributed by atoms with Crippen molar-refractivity contribution in [2.75, 3.05) is 13.1 Å². The Bertz CT molecular complexity index is 1230. The van der Waals surface area contributed by atoms with Gasteiger partial charge in [0, 0.05) is 28.3 Å². The second-order valence-corrected chi connectivity index (χ2v) is 11.3. The Hall–Kier alpha value is -2.48. The normalized spacial score (nSPS) is 24.1. The molecule has 2 amide bonds. The van der Waals surface area contributed by atoms with E-state index in [4.69, 9.17) is 28.2 Å². The predicted octanol–water partition coefficient (Wildman–Crippen LogP) is 5.41. The summed E-state index contributed by atoms with van der Waals surface area (Å²) >= 11 is 13.8. The van der Waals surface area contributed by atoms with E-state index in [9.17, 15) is 9.59 Å². The molecule has 3 heterocycles. The zero-order chi connectivity index (χ0) is 24.9. The first kappa shape index (κ1) is 24.2. The first-order valence-corrected chi connectivity index (χ1v) is 13.2. The van der Waals surface area contributed by atoms with E-state index >= 15 is 0 Å². The fourth-order valence-corrected chi connectivity index (χ4v) is 6.49. The topological polar surface area (TPSA) is 65.0 Å². The van der Waals surface area contributed by atoms with Crippen LogP contribution in [0.5, 0.6) is 0 Å². The van der Waals surface area contributed by atoms with Gasteiger partial charge in [-0.25, -0.2) is 0 Å². The summed E-state index contributed by atoms with van der Waals surface area (Å²) in [5.41, 5.74) is 3.05. The summed E-state index contributed by atoms with van der Waals surface area (Å²) in [6, 6.07) is 15.2. The van der Waals surface area contributed by atoms with Crippen molar-refractivity contribution in [3.8, 4) is 0 Å². The molecule has 6 nitrogen and oxygen atoms in total. The molecule has 2 aromatic carbocycles. The van der Waals surface area contributed by atoms with E-state index in [1.165, 1.54) is 11.8 Å². The molecule has 0 radical (unpaired) electrons. The summed E-state index contributed by atoms with van der Waals surface area (Å²) in [5, 5.41) is 5.02. The molecule has 0 saturated carbocycles. The van der Waals surface area contributed by atoms with E-state index < -0.39 is 0 Å². The smallest absolute Gasteiger partial charge is 0.263 e. The molecule has 5 rings (SSSR count). The first-order valence-electron chi connectivity index (χ1n) is 11.6. The van der Waals surface area contributed by atoms with E-state index in [-0.39, 0.29) is 42.4 Å². The highest BCUT2D eigenvalue weighted by atomic mass is 35.5. The summed E-state index contributed by atoms with van der Waals surface area (Å²) in [6.45, 7) is 6.64. The minimum Gasteiger partial charge on any atom is -0.350 e. The second-order valence-electron chi connectivity index (χ2n) is 9.40. The summed E-state index contributed by atoms with van der Waals surface area (Å²) < 4.78 is 0. The number of thioether (sulfide) groups is 1. The van der Waals surface area contributed by atoms with Gasteiger partial charge >= 0.3 is 0 Å². The number of nitrogens with zero attached hydrogens (tertiary/aromatic N) is 3. The minimum atomic E-state index is -0.165. The fraction of sp³-hybridized carbons (Fsp3) is 0.346. The monoisotopic (exact) mass is 528 g/mol. The zero-order valence-electron chi connectivity index (χ0n) is 19.7. The van der Waals surface area contributed by atoms with Crippen LogP contribution in [0.25, 0.3) is 0 Å². The maximum absolute atomic E-state index is 13.7. The standard InChI is InChI=1S/C26H26Cl2N4O2S/c1-14(2)22-24(25(34)31-12-15(3)29-20(33)13-31)35-26-30-21(16-4-8-18(27)9-5-16)23(32(22)26)17-6-10-19(28)11-7-17/h4-11,14-15,21,23H,12-13H2,1-3H3,(H,29,33)/t15?,21-,23+/m0/s1. The van der Waals surface area contributed by atoms with Gasteiger partial charge in [-0.2, -0.15) is 0 Å². The van der Waals surface area contributed by atoms with Crippen LogP contribution in [0, 0.1) is 5.92 Å². The molecule has 1 fully saturated rings. The highest BCUT2D eigenvalue weighted by molar-refractivity contribution is 8.18. The van der Waals surface area contributed by atoms with Crippen molar-refractivity contribution in [2.24, 2.45) is 10.9 Å². The summed E-state index contributed by atoms with van der Waals surface area (Å²) in [6.07, 6.45) is 0. The van der Waals surface area contributed by atoms with Crippen LogP contribution in [0.15, 0.2) is 64.1 Å². The van der Waals surface area contributed by atoms with Crippen LogP contribution in [0.3, 0.4) is 0 Å². The van der Waals surface area contributed by atoms with Crippen molar-refractivity contribution in [1.29, 1.82) is 0 Å². The van der Waals surface area contributed by atoms with Crippen molar-refractivity contribution in [3.05, 3.63) is 80.3 Å². The molecule has 35 heavy (non-hydrogen) atoms. The zero-order valence-corrected chi connectivity index (χ0v) is 22.0. The Kier molecular flexibility index (Phi) is 6.59. The third-order valence-corrected chi connectivity index (χ3v) is 7.98. The molecule has 3 aliphatic rings. The van der Waals surface area contributed by atoms with Crippen LogP contribution < -0.4 is 5.32 Å². The molecule has 9 heteroatoms. The van der Waals surface area contributed by atoms with E-state index in [0.717, 1.165) is 22.0 Å². The van der Waals surface area contributed by atoms with E-state index in [1.807, 2.05) is 55.5 Å². The number of allylic oxidation sites excluding steroid dienone is 1. The van der Waals surface area contributed by atoms with Gasteiger partial charge in [0.2, 0.25) is 5.91 Å². The molecule has 0 spiro atoms. The number of amides is 2. The largest absolute Gasteiger partial charge is 0.350 e. The van der Waals surface area contributed by atoms with E-state index in [1.54, 1.807) is 4.90 Å². The van der Waals surface area contributed by atoms with Gasteiger partial charge in [-0.3, -0.25) is 14.6 Å². The molecular weight excluding hydrogens is 503 g/mol. The average molecular weight is 529 g/mol.